The lowest BCUT2D eigenvalue weighted by molar-refractivity contribution is -0.114. The molecule has 2 aliphatic rings. The molecule has 0 fully saturated rings. The van der Waals surface area contributed by atoms with E-state index in [4.69, 9.17) is 10.1 Å². The summed E-state index contributed by atoms with van der Waals surface area (Å²) >= 11 is 1.34. The number of aromatic nitrogens is 1. The van der Waals surface area contributed by atoms with Crippen LogP contribution < -0.4 is 4.74 Å². The molecule has 1 aromatic carbocycles. The summed E-state index contributed by atoms with van der Waals surface area (Å²) in [5.74, 6) is 0.596. The number of hydrogen-bond acceptors (Lipinski definition) is 4. The Labute approximate surface area is 180 Å². The molecule has 7 heteroatoms. The van der Waals surface area contributed by atoms with E-state index in [2.05, 4.69) is 37.9 Å². The molecule has 0 unspecified atom stereocenters. The van der Waals surface area contributed by atoms with Crippen LogP contribution in [-0.2, 0) is 16.8 Å². The number of thioether (sulfide) groups is 1. The predicted molar refractivity (Wildman–Crippen MR) is 122 cm³/mol. The van der Waals surface area contributed by atoms with E-state index >= 15 is 0 Å². The molecule has 6 nitrogen and oxygen atoms in total. The molecule has 1 aromatic heterocycles. The summed E-state index contributed by atoms with van der Waals surface area (Å²) in [7, 11) is 0. The molecule has 0 bridgehead atoms. The first-order valence-electron chi connectivity index (χ1n) is 9.77. The smallest absolute Gasteiger partial charge is 0.283 e. The largest absolute Gasteiger partial charge is 0.492 e. The van der Waals surface area contributed by atoms with Crippen LogP contribution >= 0.6 is 11.8 Å². The Morgan fingerprint density at radius 3 is 2.70 bits per heavy atom. The SMILES string of the molecule is CC(C)(C)c1ccc(OCCn2cccc2/C=C2/C(=N)N3C=CSC3=NC2=O)cc1. The summed E-state index contributed by atoms with van der Waals surface area (Å²) in [4.78, 5) is 18.1. The van der Waals surface area contributed by atoms with Gasteiger partial charge in [-0.15, -0.1) is 0 Å². The van der Waals surface area contributed by atoms with Gasteiger partial charge in [-0.2, -0.15) is 4.99 Å². The Morgan fingerprint density at radius 1 is 1.20 bits per heavy atom. The number of fused-ring (bicyclic) bond motifs is 1. The minimum atomic E-state index is -0.384. The molecule has 0 atom stereocenters. The van der Waals surface area contributed by atoms with Crippen molar-refractivity contribution in [2.75, 3.05) is 6.61 Å². The summed E-state index contributed by atoms with van der Waals surface area (Å²) in [5, 5.41) is 10.7. The molecule has 2 aliphatic heterocycles. The normalized spacial score (nSPS) is 17.5. The lowest BCUT2D eigenvalue weighted by Gasteiger charge is -2.22. The maximum atomic E-state index is 12.4. The fraction of sp³-hybridized carbons (Fsp3) is 0.261. The number of amidine groups is 2. The first-order chi connectivity index (χ1) is 14.3. The number of benzene rings is 1. The molecule has 1 N–H and O–H groups in total. The second-order valence-electron chi connectivity index (χ2n) is 8.13. The van der Waals surface area contributed by atoms with Crippen LogP contribution in [0.1, 0.15) is 32.0 Å². The van der Waals surface area contributed by atoms with Crippen molar-refractivity contribution in [3.8, 4) is 5.75 Å². The van der Waals surface area contributed by atoms with Gasteiger partial charge in [0.05, 0.1) is 12.1 Å². The zero-order valence-electron chi connectivity index (χ0n) is 17.3. The topological polar surface area (TPSA) is 70.7 Å². The van der Waals surface area contributed by atoms with Crippen molar-refractivity contribution in [3.63, 3.8) is 0 Å². The lowest BCUT2D eigenvalue weighted by Crippen LogP contribution is -2.35. The predicted octanol–water partition coefficient (Wildman–Crippen LogP) is 4.64. The molecule has 2 aromatic rings. The minimum Gasteiger partial charge on any atom is -0.492 e. The molecule has 0 saturated carbocycles. The molecule has 3 heterocycles. The highest BCUT2D eigenvalue weighted by molar-refractivity contribution is 8.16. The van der Waals surface area contributed by atoms with Crippen molar-refractivity contribution >= 4 is 34.7 Å². The molecule has 30 heavy (non-hydrogen) atoms. The maximum absolute atomic E-state index is 12.4. The Bertz CT molecular complexity index is 1070. The summed E-state index contributed by atoms with van der Waals surface area (Å²) < 4.78 is 7.90. The van der Waals surface area contributed by atoms with Crippen molar-refractivity contribution in [2.45, 2.75) is 32.7 Å². The number of carbonyl (C=O) groups is 1. The van der Waals surface area contributed by atoms with Crippen LogP contribution in [0.2, 0.25) is 0 Å². The van der Waals surface area contributed by atoms with Gasteiger partial charge in [-0.3, -0.25) is 15.1 Å². The molecule has 0 spiro atoms. The summed E-state index contributed by atoms with van der Waals surface area (Å²) in [6.45, 7) is 7.69. The van der Waals surface area contributed by atoms with Gasteiger partial charge in [-0.25, -0.2) is 0 Å². The van der Waals surface area contributed by atoms with Crippen LogP contribution in [0.15, 0.2) is 64.8 Å². The quantitative estimate of drug-likeness (QED) is 0.716. The van der Waals surface area contributed by atoms with Crippen molar-refractivity contribution < 1.29 is 9.53 Å². The van der Waals surface area contributed by atoms with Gasteiger partial charge in [0.1, 0.15) is 18.2 Å². The third-order valence-corrected chi connectivity index (χ3v) is 5.75. The first-order valence-corrected chi connectivity index (χ1v) is 10.7. The van der Waals surface area contributed by atoms with Gasteiger partial charge >= 0.3 is 0 Å². The van der Waals surface area contributed by atoms with Crippen LogP contribution in [0.5, 0.6) is 5.75 Å². The Hall–Kier alpha value is -3.06. The average molecular weight is 421 g/mol. The molecule has 4 rings (SSSR count). The number of hydrogen-bond donors (Lipinski definition) is 1. The van der Waals surface area contributed by atoms with E-state index in [9.17, 15) is 4.79 Å². The van der Waals surface area contributed by atoms with Crippen LogP contribution in [0.3, 0.4) is 0 Å². The number of aliphatic imine (C=N–C) groups is 1. The van der Waals surface area contributed by atoms with Gasteiger partial charge in [-0.1, -0.05) is 44.7 Å². The average Bonchev–Trinajstić information content (AvgIpc) is 3.34. The van der Waals surface area contributed by atoms with Crippen molar-refractivity contribution in [2.24, 2.45) is 4.99 Å². The van der Waals surface area contributed by atoms with Gasteiger partial charge in [-0.05, 0) is 46.7 Å². The van der Waals surface area contributed by atoms with E-state index in [0.717, 1.165) is 11.4 Å². The van der Waals surface area contributed by atoms with E-state index in [1.807, 2.05) is 40.4 Å². The number of ether oxygens (including phenoxy) is 1. The number of amides is 1. The van der Waals surface area contributed by atoms with Crippen LogP contribution in [0, 0.1) is 5.41 Å². The fourth-order valence-electron chi connectivity index (χ4n) is 3.25. The van der Waals surface area contributed by atoms with E-state index in [-0.39, 0.29) is 22.7 Å². The number of carbonyl (C=O) groups excluding carboxylic acids is 1. The molecular formula is C23H24N4O2S. The molecule has 154 valence electrons. The van der Waals surface area contributed by atoms with Crippen molar-refractivity contribution in [3.05, 3.63) is 71.0 Å². The van der Waals surface area contributed by atoms with Crippen molar-refractivity contribution in [1.82, 2.24) is 9.47 Å². The van der Waals surface area contributed by atoms with E-state index in [0.29, 0.717) is 18.3 Å². The Kier molecular flexibility index (Phi) is 5.39. The van der Waals surface area contributed by atoms with E-state index in [1.165, 1.54) is 17.3 Å². The molecule has 0 aliphatic carbocycles. The van der Waals surface area contributed by atoms with Gasteiger partial charge in [0.25, 0.3) is 5.91 Å². The maximum Gasteiger partial charge on any atom is 0.283 e. The first kappa shape index (κ1) is 20.2. The van der Waals surface area contributed by atoms with E-state index < -0.39 is 0 Å². The Balaban J connectivity index is 1.43. The van der Waals surface area contributed by atoms with Gasteiger partial charge in [0.2, 0.25) is 0 Å². The monoisotopic (exact) mass is 420 g/mol. The Morgan fingerprint density at radius 2 is 1.97 bits per heavy atom. The summed E-state index contributed by atoms with van der Waals surface area (Å²) in [6.07, 6.45) is 5.42. The summed E-state index contributed by atoms with van der Waals surface area (Å²) in [6, 6.07) is 12.0. The highest BCUT2D eigenvalue weighted by Crippen LogP contribution is 2.27. The van der Waals surface area contributed by atoms with Gasteiger partial charge in [0.15, 0.2) is 5.17 Å². The van der Waals surface area contributed by atoms with Crippen LogP contribution in [-0.4, -0.2) is 33.0 Å². The second kappa shape index (κ2) is 7.99. The lowest BCUT2D eigenvalue weighted by atomic mass is 9.87. The molecule has 0 saturated heterocycles. The zero-order chi connectivity index (χ0) is 21.3. The number of nitrogens with zero attached hydrogens (tertiary/aromatic N) is 3. The number of rotatable bonds is 5. The summed E-state index contributed by atoms with van der Waals surface area (Å²) in [5.41, 5.74) is 2.50. The van der Waals surface area contributed by atoms with Crippen LogP contribution in [0.4, 0.5) is 0 Å². The highest BCUT2D eigenvalue weighted by atomic mass is 32.2. The molecular weight excluding hydrogens is 396 g/mol. The van der Waals surface area contributed by atoms with Crippen molar-refractivity contribution in [1.29, 1.82) is 5.41 Å². The third kappa shape index (κ3) is 4.11. The fourth-order valence-corrected chi connectivity index (χ4v) is 3.96. The third-order valence-electron chi connectivity index (χ3n) is 4.99. The second-order valence-corrected chi connectivity index (χ2v) is 9.00. The van der Waals surface area contributed by atoms with Gasteiger partial charge in [0, 0.05) is 18.1 Å². The van der Waals surface area contributed by atoms with Gasteiger partial charge < -0.3 is 9.30 Å². The molecule has 0 radical (unpaired) electrons. The minimum absolute atomic E-state index is 0.116. The standard InChI is InChI=1S/C23H24N4O2S/c1-23(2,3)16-6-8-18(9-7-16)29-13-11-26-10-4-5-17(26)15-19-20(24)27-12-14-30-22(27)25-21(19)28/h4-10,12,14-15,24H,11,13H2,1-3H3/b19-15-,24-20?. The number of nitrogens with one attached hydrogen (secondary N) is 1. The zero-order valence-corrected chi connectivity index (χ0v) is 18.1. The highest BCUT2D eigenvalue weighted by Gasteiger charge is 2.31. The molecule has 1 amide bonds. The van der Waals surface area contributed by atoms with E-state index in [1.54, 1.807) is 17.2 Å². The van der Waals surface area contributed by atoms with Crippen LogP contribution in [0.25, 0.3) is 6.08 Å².